The highest BCUT2D eigenvalue weighted by Gasteiger charge is 2.19. The molecule has 3 rings (SSSR count). The topological polar surface area (TPSA) is 114 Å². The van der Waals surface area contributed by atoms with Crippen molar-refractivity contribution in [1.82, 2.24) is 0 Å². The number of nitrogens with one attached hydrogen (secondary N) is 1. The molecule has 0 aliphatic rings. The number of carboxylic acids is 1. The summed E-state index contributed by atoms with van der Waals surface area (Å²) in [7, 11) is -3.99. The lowest BCUT2D eigenvalue weighted by molar-refractivity contribution is 0.0696. The molecule has 134 valence electrons. The summed E-state index contributed by atoms with van der Waals surface area (Å²) in [6.07, 6.45) is 0. The minimum atomic E-state index is -3.99. The first-order valence-electron chi connectivity index (χ1n) is 7.59. The highest BCUT2D eigenvalue weighted by Crippen LogP contribution is 2.29. The quantitative estimate of drug-likeness (QED) is 0.662. The van der Waals surface area contributed by atoms with Crippen LogP contribution in [0.5, 0.6) is 0 Å². The third-order valence-corrected chi connectivity index (χ3v) is 5.24. The van der Waals surface area contributed by atoms with Crippen molar-refractivity contribution in [1.29, 1.82) is 0 Å². The van der Waals surface area contributed by atoms with Crippen molar-refractivity contribution in [2.45, 2.75) is 18.7 Å². The highest BCUT2D eigenvalue weighted by atomic mass is 32.2. The van der Waals surface area contributed by atoms with Crippen LogP contribution in [0, 0.1) is 6.92 Å². The molecule has 8 heteroatoms. The van der Waals surface area contributed by atoms with Crippen molar-refractivity contribution < 1.29 is 27.5 Å². The summed E-state index contributed by atoms with van der Waals surface area (Å²) in [6.45, 7) is 3.07. The summed E-state index contributed by atoms with van der Waals surface area (Å²) >= 11 is 0. The molecule has 2 N–H and O–H groups in total. The maximum atomic E-state index is 12.5. The summed E-state index contributed by atoms with van der Waals surface area (Å²) in [5, 5.41) is 9.52. The molecule has 0 atom stereocenters. The number of hydrogen-bond acceptors (Lipinski definition) is 5. The Morgan fingerprint density at radius 1 is 1.12 bits per heavy atom. The van der Waals surface area contributed by atoms with Gasteiger partial charge in [0, 0.05) is 11.1 Å². The lowest BCUT2D eigenvalue weighted by Crippen LogP contribution is -2.13. The van der Waals surface area contributed by atoms with Gasteiger partial charge in [-0.1, -0.05) is 6.07 Å². The zero-order valence-electron chi connectivity index (χ0n) is 13.9. The summed E-state index contributed by atoms with van der Waals surface area (Å²) in [6, 6.07) is 9.63. The molecule has 7 nitrogen and oxygen atoms in total. The van der Waals surface area contributed by atoms with Crippen LogP contribution in [0.3, 0.4) is 0 Å². The van der Waals surface area contributed by atoms with E-state index in [9.17, 15) is 18.0 Å². The van der Waals surface area contributed by atoms with E-state index in [1.54, 1.807) is 13.0 Å². The predicted molar refractivity (Wildman–Crippen MR) is 95.2 cm³/mol. The van der Waals surface area contributed by atoms with Crippen LogP contribution in [0.4, 0.5) is 5.69 Å². The number of aromatic carboxylic acids is 1. The van der Waals surface area contributed by atoms with E-state index in [1.807, 2.05) is 0 Å². The maximum Gasteiger partial charge on any atom is 0.335 e. The first-order chi connectivity index (χ1) is 12.2. The molecule has 0 bridgehead atoms. The molecule has 0 amide bonds. The predicted octanol–water partition coefficient (Wildman–Crippen LogP) is 3.44. The van der Waals surface area contributed by atoms with Gasteiger partial charge >= 0.3 is 5.97 Å². The Bertz CT molecular complexity index is 1140. The third-order valence-electron chi connectivity index (χ3n) is 3.86. The Hall–Kier alpha value is -3.13. The second-order valence-corrected chi connectivity index (χ2v) is 7.42. The van der Waals surface area contributed by atoms with Crippen molar-refractivity contribution >= 4 is 38.4 Å². The Morgan fingerprint density at radius 2 is 1.85 bits per heavy atom. The Labute approximate surface area is 149 Å². The molecule has 0 spiro atoms. The van der Waals surface area contributed by atoms with E-state index in [0.29, 0.717) is 22.3 Å². The van der Waals surface area contributed by atoms with Gasteiger partial charge in [0.15, 0.2) is 5.78 Å². The number of ketones is 1. The van der Waals surface area contributed by atoms with Gasteiger partial charge < -0.3 is 9.52 Å². The van der Waals surface area contributed by atoms with Gasteiger partial charge in [-0.05, 0) is 50.2 Å². The van der Waals surface area contributed by atoms with Crippen molar-refractivity contribution in [2.75, 3.05) is 4.72 Å². The zero-order chi connectivity index (χ0) is 19.1. The van der Waals surface area contributed by atoms with E-state index < -0.39 is 16.0 Å². The molecule has 0 saturated heterocycles. The van der Waals surface area contributed by atoms with Gasteiger partial charge in [-0.15, -0.1) is 0 Å². The number of carbonyl (C=O) groups is 2. The molecular weight excluding hydrogens is 358 g/mol. The van der Waals surface area contributed by atoms with Gasteiger partial charge in [-0.25, -0.2) is 13.2 Å². The number of carboxylic acid groups (broad SMARTS) is 1. The summed E-state index contributed by atoms with van der Waals surface area (Å²) < 4.78 is 33.0. The van der Waals surface area contributed by atoms with Crippen LogP contribution in [-0.2, 0) is 10.0 Å². The molecule has 0 radical (unpaired) electrons. The van der Waals surface area contributed by atoms with E-state index in [-0.39, 0.29) is 21.9 Å². The number of sulfonamides is 1. The lowest BCUT2D eigenvalue weighted by atomic mass is 10.1. The number of furan rings is 1. The minimum Gasteiger partial charge on any atom is -0.478 e. The number of fused-ring (bicyclic) bond motifs is 1. The van der Waals surface area contributed by atoms with Gasteiger partial charge in [-0.2, -0.15) is 0 Å². The molecule has 26 heavy (non-hydrogen) atoms. The number of Topliss-reactive ketones (excluding diaryl/α,β-unsaturated/α-hetero) is 1. The number of hydrogen-bond donors (Lipinski definition) is 2. The third kappa shape index (κ3) is 3.18. The molecule has 1 heterocycles. The average Bonchev–Trinajstić information content (AvgIpc) is 2.89. The fraction of sp³-hybridized carbons (Fsp3) is 0.111. The van der Waals surface area contributed by atoms with Crippen molar-refractivity contribution in [3.63, 3.8) is 0 Å². The number of benzene rings is 2. The summed E-state index contributed by atoms with van der Waals surface area (Å²) in [4.78, 5) is 22.7. The fourth-order valence-corrected chi connectivity index (χ4v) is 3.83. The number of carbonyl (C=O) groups excluding carboxylic acids is 1. The number of rotatable bonds is 5. The second kappa shape index (κ2) is 6.30. The maximum absolute atomic E-state index is 12.5. The minimum absolute atomic E-state index is 0.132. The van der Waals surface area contributed by atoms with Gasteiger partial charge in [0.25, 0.3) is 10.0 Å². The largest absolute Gasteiger partial charge is 0.478 e. The monoisotopic (exact) mass is 373 g/mol. The molecule has 0 unspecified atom stereocenters. The summed E-state index contributed by atoms with van der Waals surface area (Å²) in [5.74, 6) is -0.944. The lowest BCUT2D eigenvalue weighted by Gasteiger charge is -2.09. The van der Waals surface area contributed by atoms with Gasteiger partial charge in [0.2, 0.25) is 0 Å². The molecule has 0 saturated carbocycles. The Balaban J connectivity index is 2.02. The fourth-order valence-electron chi connectivity index (χ4n) is 2.73. The SMILES string of the molecule is CC(=O)c1c(C)oc2ccc(NS(=O)(=O)c3cccc(C(=O)O)c3)cc12. The number of aryl methyl sites for hydroxylation is 1. The van der Waals surface area contributed by atoms with Crippen LogP contribution in [0.2, 0.25) is 0 Å². The van der Waals surface area contributed by atoms with Crippen molar-refractivity contribution in [3.05, 3.63) is 59.4 Å². The molecule has 0 aliphatic heterocycles. The zero-order valence-corrected chi connectivity index (χ0v) is 14.8. The molecule has 1 aromatic heterocycles. The normalized spacial score (nSPS) is 11.5. The number of anilines is 1. The molecule has 0 aliphatic carbocycles. The van der Waals surface area contributed by atoms with Crippen LogP contribution in [0.1, 0.15) is 33.4 Å². The molecule has 2 aromatic carbocycles. The van der Waals surface area contributed by atoms with Crippen LogP contribution >= 0.6 is 0 Å². The van der Waals surface area contributed by atoms with Crippen LogP contribution in [0.25, 0.3) is 11.0 Å². The first kappa shape index (κ1) is 17.7. The van der Waals surface area contributed by atoms with E-state index >= 15 is 0 Å². The van der Waals surface area contributed by atoms with E-state index in [2.05, 4.69) is 4.72 Å². The summed E-state index contributed by atoms with van der Waals surface area (Å²) in [5.41, 5.74) is 0.978. The van der Waals surface area contributed by atoms with Crippen molar-refractivity contribution in [2.24, 2.45) is 0 Å². The first-order valence-corrected chi connectivity index (χ1v) is 9.07. The van der Waals surface area contributed by atoms with E-state index in [1.165, 1.54) is 37.3 Å². The van der Waals surface area contributed by atoms with Crippen LogP contribution < -0.4 is 4.72 Å². The average molecular weight is 373 g/mol. The van der Waals surface area contributed by atoms with Gasteiger partial charge in [-0.3, -0.25) is 9.52 Å². The molecular formula is C18H15NO6S. The molecule has 3 aromatic rings. The van der Waals surface area contributed by atoms with E-state index in [4.69, 9.17) is 9.52 Å². The van der Waals surface area contributed by atoms with Gasteiger partial charge in [0.05, 0.1) is 16.0 Å². The van der Waals surface area contributed by atoms with Crippen LogP contribution in [-0.4, -0.2) is 25.3 Å². The van der Waals surface area contributed by atoms with Crippen molar-refractivity contribution in [3.8, 4) is 0 Å². The highest BCUT2D eigenvalue weighted by molar-refractivity contribution is 7.92. The van der Waals surface area contributed by atoms with Crippen LogP contribution in [0.15, 0.2) is 51.8 Å². The smallest absolute Gasteiger partial charge is 0.335 e. The second-order valence-electron chi connectivity index (χ2n) is 5.74. The Morgan fingerprint density at radius 3 is 2.50 bits per heavy atom. The van der Waals surface area contributed by atoms with Gasteiger partial charge in [0.1, 0.15) is 11.3 Å². The molecule has 0 fully saturated rings. The van der Waals surface area contributed by atoms with E-state index in [0.717, 1.165) is 6.07 Å². The standard InChI is InChI=1S/C18H15NO6S/c1-10(20)17-11(2)25-16-7-6-13(9-15(16)17)19-26(23,24)14-5-3-4-12(8-14)18(21)22/h3-9,19H,1-2H3,(H,21,22). The Kier molecular flexibility index (Phi) is 4.29.